The molecule has 0 aliphatic carbocycles. The van der Waals surface area contributed by atoms with E-state index in [1.54, 1.807) is 0 Å². The zero-order valence-corrected chi connectivity index (χ0v) is 4.46. The fourth-order valence-corrected chi connectivity index (χ4v) is 0.583. The summed E-state index contributed by atoms with van der Waals surface area (Å²) in [5, 5.41) is 0. The quantitative estimate of drug-likeness (QED) is 0.483. The van der Waals surface area contributed by atoms with Gasteiger partial charge in [-0.2, -0.15) is 0 Å². The topological polar surface area (TPSA) is 3.24 Å². The van der Waals surface area contributed by atoms with Crippen LogP contribution in [0.25, 0.3) is 0 Å². The summed E-state index contributed by atoms with van der Waals surface area (Å²) in [6.07, 6.45) is 9.45. The summed E-state index contributed by atoms with van der Waals surface area (Å²) in [6.45, 7) is 0. The minimum absolute atomic E-state index is 0. The first-order valence-electron chi connectivity index (χ1n) is 2.45. The summed E-state index contributed by atoms with van der Waals surface area (Å²) in [6, 6.07) is 0. The van der Waals surface area contributed by atoms with Gasteiger partial charge in [-0.1, -0.05) is 27.0 Å². The summed E-state index contributed by atoms with van der Waals surface area (Å²) in [7, 11) is 2.02. The molecule has 0 radical (unpaired) electrons. The molecule has 0 spiro atoms. The maximum atomic E-state index is 2.12. The van der Waals surface area contributed by atoms with E-state index in [-0.39, 0.29) is 14.9 Å². The Morgan fingerprint density at radius 1 is 1.11 bits per heavy atom. The maximum Gasteiger partial charge on any atom is 0.0106 e. The molecule has 0 aromatic carbocycles. The molecule has 1 aliphatic heterocycles. The minimum Gasteiger partial charge on any atom is -0.358 e. The van der Waals surface area contributed by atoms with Gasteiger partial charge in [0, 0.05) is 7.05 Å². The standard InChI is InChI=1S/C6H9N.2CH4/c1-7-5-3-2-4-6-7;;/h3-6H,2H2,1H3;2*1H4. The molecule has 1 nitrogen and oxygen atoms in total. The van der Waals surface area contributed by atoms with Crippen LogP contribution in [0.5, 0.6) is 0 Å². The van der Waals surface area contributed by atoms with Crippen molar-refractivity contribution in [3.63, 3.8) is 0 Å². The Bertz CT molecular complexity index is 91.1. The Kier molecular flexibility index (Phi) is 6.70. The van der Waals surface area contributed by atoms with Gasteiger partial charge in [0.15, 0.2) is 0 Å². The van der Waals surface area contributed by atoms with Crippen LogP contribution in [0.1, 0.15) is 21.3 Å². The van der Waals surface area contributed by atoms with Crippen molar-refractivity contribution in [1.82, 2.24) is 4.90 Å². The molecular weight excluding hydrogens is 110 g/mol. The molecular formula is C8H17N. The second-order valence-electron chi connectivity index (χ2n) is 1.67. The van der Waals surface area contributed by atoms with Crippen LogP contribution in [0.15, 0.2) is 24.6 Å². The molecule has 0 bridgehead atoms. The van der Waals surface area contributed by atoms with Crippen LogP contribution >= 0.6 is 0 Å². The van der Waals surface area contributed by atoms with Gasteiger partial charge in [0.2, 0.25) is 0 Å². The average Bonchev–Trinajstić information content (AvgIpc) is 1.69. The lowest BCUT2D eigenvalue weighted by molar-refractivity contribution is 0.612. The number of nitrogens with zero attached hydrogens (tertiary/aromatic N) is 1. The Morgan fingerprint density at radius 3 is 1.78 bits per heavy atom. The van der Waals surface area contributed by atoms with Gasteiger partial charge in [-0.15, -0.1) is 0 Å². The predicted octanol–water partition coefficient (Wildman–Crippen LogP) is 2.62. The second kappa shape index (κ2) is 5.42. The highest BCUT2D eigenvalue weighted by Gasteiger charge is 1.84. The smallest absolute Gasteiger partial charge is 0.0106 e. The molecule has 1 heteroatoms. The third kappa shape index (κ3) is 3.83. The molecule has 0 fully saturated rings. The number of hydrogen-bond acceptors (Lipinski definition) is 1. The van der Waals surface area contributed by atoms with E-state index in [4.69, 9.17) is 0 Å². The Hall–Kier alpha value is -0.720. The lowest BCUT2D eigenvalue weighted by atomic mass is 10.3. The lowest BCUT2D eigenvalue weighted by Gasteiger charge is -2.08. The van der Waals surface area contributed by atoms with Gasteiger partial charge in [0.1, 0.15) is 0 Å². The van der Waals surface area contributed by atoms with Crippen molar-refractivity contribution < 1.29 is 0 Å². The Morgan fingerprint density at radius 2 is 1.56 bits per heavy atom. The first-order valence-corrected chi connectivity index (χ1v) is 2.45. The van der Waals surface area contributed by atoms with Crippen molar-refractivity contribution in [2.24, 2.45) is 0 Å². The fraction of sp³-hybridized carbons (Fsp3) is 0.500. The van der Waals surface area contributed by atoms with Crippen molar-refractivity contribution >= 4 is 0 Å². The van der Waals surface area contributed by atoms with Gasteiger partial charge in [-0.25, -0.2) is 0 Å². The highest BCUT2D eigenvalue weighted by molar-refractivity contribution is 5.00. The summed E-state index contributed by atoms with van der Waals surface area (Å²) >= 11 is 0. The Balaban J connectivity index is 0. The molecule has 54 valence electrons. The summed E-state index contributed by atoms with van der Waals surface area (Å²) < 4.78 is 0. The first kappa shape index (κ1) is 11.1. The molecule has 1 rings (SSSR count). The molecule has 0 aromatic rings. The third-order valence-corrected chi connectivity index (χ3v) is 0.953. The Labute approximate surface area is 58.7 Å². The first-order chi connectivity index (χ1) is 3.39. The zero-order chi connectivity index (χ0) is 5.11. The van der Waals surface area contributed by atoms with Crippen LogP contribution in [-0.2, 0) is 0 Å². The highest BCUT2D eigenvalue weighted by atomic mass is 15.0. The van der Waals surface area contributed by atoms with Crippen molar-refractivity contribution in [3.05, 3.63) is 24.6 Å². The van der Waals surface area contributed by atoms with Crippen LogP contribution in [0.3, 0.4) is 0 Å². The predicted molar refractivity (Wildman–Crippen MR) is 44.1 cm³/mol. The van der Waals surface area contributed by atoms with Crippen molar-refractivity contribution in [1.29, 1.82) is 0 Å². The van der Waals surface area contributed by atoms with E-state index >= 15 is 0 Å². The fourth-order valence-electron chi connectivity index (χ4n) is 0.583. The maximum absolute atomic E-state index is 2.12. The number of allylic oxidation sites excluding steroid dienone is 2. The second-order valence-corrected chi connectivity index (χ2v) is 1.67. The number of rotatable bonds is 0. The normalized spacial score (nSPS) is 14.1. The van der Waals surface area contributed by atoms with E-state index in [2.05, 4.69) is 24.6 Å². The van der Waals surface area contributed by atoms with E-state index in [9.17, 15) is 0 Å². The zero-order valence-electron chi connectivity index (χ0n) is 4.46. The van der Waals surface area contributed by atoms with Gasteiger partial charge in [0.25, 0.3) is 0 Å². The summed E-state index contributed by atoms with van der Waals surface area (Å²) in [5.74, 6) is 0. The molecule has 0 saturated carbocycles. The van der Waals surface area contributed by atoms with Gasteiger partial charge >= 0.3 is 0 Å². The van der Waals surface area contributed by atoms with E-state index < -0.39 is 0 Å². The van der Waals surface area contributed by atoms with E-state index in [0.717, 1.165) is 6.42 Å². The molecule has 0 amide bonds. The van der Waals surface area contributed by atoms with Gasteiger partial charge in [-0.05, 0) is 18.8 Å². The molecule has 0 aromatic heterocycles. The van der Waals surface area contributed by atoms with Gasteiger partial charge in [0.05, 0.1) is 0 Å². The van der Waals surface area contributed by atoms with Crippen molar-refractivity contribution in [2.75, 3.05) is 7.05 Å². The van der Waals surface area contributed by atoms with Crippen LogP contribution < -0.4 is 0 Å². The molecule has 0 N–H and O–H groups in total. The molecule has 9 heavy (non-hydrogen) atoms. The molecule has 1 heterocycles. The van der Waals surface area contributed by atoms with E-state index in [0.29, 0.717) is 0 Å². The highest BCUT2D eigenvalue weighted by Crippen LogP contribution is 1.97. The molecule has 0 saturated heterocycles. The van der Waals surface area contributed by atoms with Crippen LogP contribution in [0.4, 0.5) is 0 Å². The summed E-state index contributed by atoms with van der Waals surface area (Å²) in [4.78, 5) is 2.03. The van der Waals surface area contributed by atoms with Gasteiger partial charge in [-0.3, -0.25) is 0 Å². The summed E-state index contributed by atoms with van der Waals surface area (Å²) in [5.41, 5.74) is 0. The SMILES string of the molecule is C.C.CN1C=CCC=C1. The van der Waals surface area contributed by atoms with Crippen molar-refractivity contribution in [3.8, 4) is 0 Å². The third-order valence-electron chi connectivity index (χ3n) is 0.953. The largest absolute Gasteiger partial charge is 0.358 e. The lowest BCUT2D eigenvalue weighted by Crippen LogP contribution is -2.01. The van der Waals surface area contributed by atoms with Crippen LogP contribution in [-0.4, -0.2) is 11.9 Å². The molecule has 0 unspecified atom stereocenters. The van der Waals surface area contributed by atoms with Gasteiger partial charge < -0.3 is 4.90 Å². The monoisotopic (exact) mass is 127 g/mol. The van der Waals surface area contributed by atoms with Crippen LogP contribution in [0, 0.1) is 0 Å². The average molecular weight is 127 g/mol. The minimum atomic E-state index is 0. The van der Waals surface area contributed by atoms with E-state index in [1.165, 1.54) is 0 Å². The molecule has 1 aliphatic rings. The van der Waals surface area contributed by atoms with E-state index in [1.807, 2.05) is 11.9 Å². The number of hydrogen-bond donors (Lipinski definition) is 0. The molecule has 0 atom stereocenters. The van der Waals surface area contributed by atoms with Crippen LogP contribution in [0.2, 0.25) is 0 Å². The van der Waals surface area contributed by atoms with Crippen molar-refractivity contribution in [2.45, 2.75) is 21.3 Å².